The highest BCUT2D eigenvalue weighted by Crippen LogP contribution is 2.33. The van der Waals surface area contributed by atoms with Gasteiger partial charge in [0.15, 0.2) is 0 Å². The molecule has 3 aliphatic rings. The van der Waals surface area contributed by atoms with Crippen LogP contribution in [-0.4, -0.2) is 80.5 Å². The molecule has 0 aliphatic carbocycles. The first-order valence-electron chi connectivity index (χ1n) is 8.09. The Labute approximate surface area is 126 Å². The fourth-order valence-electron chi connectivity index (χ4n) is 3.84. The van der Waals surface area contributed by atoms with Crippen LogP contribution in [0.25, 0.3) is 0 Å². The molecule has 0 spiro atoms. The summed E-state index contributed by atoms with van der Waals surface area (Å²) in [6.07, 6.45) is 4.63. The van der Waals surface area contributed by atoms with Gasteiger partial charge in [-0.25, -0.2) is 4.79 Å². The first-order chi connectivity index (χ1) is 10.2. The van der Waals surface area contributed by atoms with Gasteiger partial charge in [-0.3, -0.25) is 4.90 Å². The number of amides is 2. The van der Waals surface area contributed by atoms with Crippen molar-refractivity contribution < 1.29 is 14.3 Å². The van der Waals surface area contributed by atoms with Crippen LogP contribution in [0.4, 0.5) is 4.79 Å². The van der Waals surface area contributed by atoms with Gasteiger partial charge < -0.3 is 19.7 Å². The summed E-state index contributed by atoms with van der Waals surface area (Å²) in [5, 5.41) is 3.14. The molecule has 1 N–H and O–H groups in total. The smallest absolute Gasteiger partial charge is 0.317 e. The zero-order chi connectivity index (χ0) is 14.8. The predicted molar refractivity (Wildman–Crippen MR) is 79.3 cm³/mol. The van der Waals surface area contributed by atoms with E-state index in [0.29, 0.717) is 12.1 Å². The normalized spacial score (nSPS) is 34.5. The van der Waals surface area contributed by atoms with Crippen molar-refractivity contribution in [3.05, 3.63) is 0 Å². The average Bonchev–Trinajstić information content (AvgIpc) is 2.87. The van der Waals surface area contributed by atoms with Crippen molar-refractivity contribution in [2.75, 3.05) is 40.5 Å². The fourth-order valence-corrected chi connectivity index (χ4v) is 3.84. The Morgan fingerprint density at radius 2 is 1.95 bits per heavy atom. The maximum absolute atomic E-state index is 12.0. The van der Waals surface area contributed by atoms with Crippen LogP contribution in [0, 0.1) is 0 Å². The van der Waals surface area contributed by atoms with Gasteiger partial charge >= 0.3 is 6.03 Å². The summed E-state index contributed by atoms with van der Waals surface area (Å²) >= 11 is 0. The fraction of sp³-hybridized carbons (Fsp3) is 0.933. The molecular formula is C15H27N3O3. The molecule has 3 heterocycles. The van der Waals surface area contributed by atoms with E-state index in [0.717, 1.165) is 45.6 Å². The minimum atomic E-state index is -0.0262. The Morgan fingerprint density at radius 1 is 1.19 bits per heavy atom. The summed E-state index contributed by atoms with van der Waals surface area (Å²) in [6, 6.07) is 1.11. The molecule has 3 rings (SSSR count). The molecule has 21 heavy (non-hydrogen) atoms. The zero-order valence-corrected chi connectivity index (χ0v) is 13.1. The van der Waals surface area contributed by atoms with Crippen LogP contribution < -0.4 is 5.32 Å². The summed E-state index contributed by atoms with van der Waals surface area (Å²) in [6.45, 7) is 3.43. The first kappa shape index (κ1) is 15.1. The number of urea groups is 1. The van der Waals surface area contributed by atoms with Crippen LogP contribution in [0.2, 0.25) is 0 Å². The standard InChI is InChI=1S/C15H27N3O3/c1-17(2)15(19)16-12-10-18(11-5-8-20-9-6-11)13-4-3-7-21-14(12)13/h11-14H,3-10H2,1-2H3,(H,16,19)/t12-,13?,14?/m1/s1. The van der Waals surface area contributed by atoms with Crippen molar-refractivity contribution in [3.63, 3.8) is 0 Å². The summed E-state index contributed by atoms with van der Waals surface area (Å²) < 4.78 is 11.5. The average molecular weight is 297 g/mol. The molecule has 0 aromatic heterocycles. The third-order valence-electron chi connectivity index (χ3n) is 4.94. The Kier molecular flexibility index (Phi) is 4.66. The molecule has 2 unspecified atom stereocenters. The molecule has 3 saturated heterocycles. The van der Waals surface area contributed by atoms with Gasteiger partial charge in [0, 0.05) is 52.5 Å². The second-order valence-electron chi connectivity index (χ2n) is 6.54. The molecule has 6 nitrogen and oxygen atoms in total. The second-order valence-corrected chi connectivity index (χ2v) is 6.54. The highest BCUT2D eigenvalue weighted by molar-refractivity contribution is 5.74. The van der Waals surface area contributed by atoms with Crippen molar-refractivity contribution >= 4 is 6.03 Å². The Balaban J connectivity index is 1.69. The van der Waals surface area contributed by atoms with E-state index in [-0.39, 0.29) is 18.2 Å². The van der Waals surface area contributed by atoms with Crippen molar-refractivity contribution in [3.8, 4) is 0 Å². The lowest BCUT2D eigenvalue weighted by Crippen LogP contribution is -2.50. The summed E-state index contributed by atoms with van der Waals surface area (Å²) in [5.41, 5.74) is 0. The van der Waals surface area contributed by atoms with Gasteiger partial charge in [0.05, 0.1) is 12.1 Å². The number of ether oxygens (including phenoxy) is 2. The van der Waals surface area contributed by atoms with E-state index in [4.69, 9.17) is 9.47 Å². The number of rotatable bonds is 2. The van der Waals surface area contributed by atoms with E-state index in [2.05, 4.69) is 10.2 Å². The van der Waals surface area contributed by atoms with E-state index in [1.54, 1.807) is 19.0 Å². The van der Waals surface area contributed by atoms with Crippen molar-refractivity contribution in [2.24, 2.45) is 0 Å². The summed E-state index contributed by atoms with van der Waals surface area (Å²) in [5.74, 6) is 0. The zero-order valence-electron chi connectivity index (χ0n) is 13.1. The minimum absolute atomic E-state index is 0.0262. The molecule has 0 aromatic carbocycles. The van der Waals surface area contributed by atoms with Crippen LogP contribution >= 0.6 is 0 Å². The number of nitrogens with one attached hydrogen (secondary N) is 1. The van der Waals surface area contributed by atoms with Crippen LogP contribution in [-0.2, 0) is 9.47 Å². The molecule has 120 valence electrons. The quantitative estimate of drug-likeness (QED) is 0.814. The first-order valence-corrected chi connectivity index (χ1v) is 8.09. The number of likely N-dealkylation sites (tertiary alicyclic amines) is 1. The number of hydrogen-bond acceptors (Lipinski definition) is 4. The predicted octanol–water partition coefficient (Wildman–Crippen LogP) is 0.668. The number of hydrogen-bond donors (Lipinski definition) is 1. The van der Waals surface area contributed by atoms with Crippen molar-refractivity contribution in [2.45, 2.75) is 49.9 Å². The third-order valence-corrected chi connectivity index (χ3v) is 4.94. The maximum Gasteiger partial charge on any atom is 0.317 e. The molecule has 3 atom stereocenters. The molecule has 0 saturated carbocycles. The van der Waals surface area contributed by atoms with Gasteiger partial charge in [-0.1, -0.05) is 0 Å². The lowest BCUT2D eigenvalue weighted by atomic mass is 9.99. The van der Waals surface area contributed by atoms with Crippen LogP contribution in [0.15, 0.2) is 0 Å². The largest absolute Gasteiger partial charge is 0.381 e. The van der Waals surface area contributed by atoms with Gasteiger partial charge in [-0.05, 0) is 25.7 Å². The number of carbonyl (C=O) groups excluding carboxylic acids is 1. The van der Waals surface area contributed by atoms with E-state index in [1.165, 1.54) is 6.42 Å². The number of carbonyl (C=O) groups is 1. The molecule has 0 radical (unpaired) electrons. The summed E-state index contributed by atoms with van der Waals surface area (Å²) in [4.78, 5) is 16.1. The lowest BCUT2D eigenvalue weighted by molar-refractivity contribution is -0.0389. The summed E-state index contributed by atoms with van der Waals surface area (Å²) in [7, 11) is 3.56. The Morgan fingerprint density at radius 3 is 2.67 bits per heavy atom. The van der Waals surface area contributed by atoms with Gasteiger partial charge in [0.25, 0.3) is 0 Å². The number of fused-ring (bicyclic) bond motifs is 1. The topological polar surface area (TPSA) is 54.0 Å². The highest BCUT2D eigenvalue weighted by Gasteiger charge is 2.47. The van der Waals surface area contributed by atoms with Crippen LogP contribution in [0.5, 0.6) is 0 Å². The molecule has 2 amide bonds. The number of nitrogens with zero attached hydrogens (tertiary/aromatic N) is 2. The molecular weight excluding hydrogens is 270 g/mol. The second kappa shape index (κ2) is 6.50. The maximum atomic E-state index is 12.0. The van der Waals surface area contributed by atoms with Crippen LogP contribution in [0.1, 0.15) is 25.7 Å². The Bertz CT molecular complexity index is 371. The monoisotopic (exact) mass is 297 g/mol. The Hall–Kier alpha value is -0.850. The van der Waals surface area contributed by atoms with Crippen molar-refractivity contribution in [1.82, 2.24) is 15.1 Å². The van der Waals surface area contributed by atoms with Crippen LogP contribution in [0.3, 0.4) is 0 Å². The van der Waals surface area contributed by atoms with E-state index in [1.807, 2.05) is 0 Å². The molecule has 3 aliphatic heterocycles. The SMILES string of the molecule is CN(C)C(=O)N[C@@H]1CN(C2CCOCC2)C2CCCOC21. The molecule has 0 aromatic rings. The molecule has 0 bridgehead atoms. The van der Waals surface area contributed by atoms with Gasteiger partial charge in [0.1, 0.15) is 0 Å². The minimum Gasteiger partial charge on any atom is -0.381 e. The molecule has 3 fully saturated rings. The van der Waals surface area contributed by atoms with Gasteiger partial charge in [-0.2, -0.15) is 0 Å². The van der Waals surface area contributed by atoms with Gasteiger partial charge in [-0.15, -0.1) is 0 Å². The third kappa shape index (κ3) is 3.17. The lowest BCUT2D eigenvalue weighted by Gasteiger charge is -2.38. The highest BCUT2D eigenvalue weighted by atomic mass is 16.5. The molecule has 6 heteroatoms. The van der Waals surface area contributed by atoms with Gasteiger partial charge in [0.2, 0.25) is 0 Å². The van der Waals surface area contributed by atoms with E-state index in [9.17, 15) is 4.79 Å². The van der Waals surface area contributed by atoms with Crippen molar-refractivity contribution in [1.29, 1.82) is 0 Å². The van der Waals surface area contributed by atoms with E-state index < -0.39 is 0 Å². The van der Waals surface area contributed by atoms with E-state index >= 15 is 0 Å².